The van der Waals surface area contributed by atoms with Crippen LogP contribution in [0.25, 0.3) is 0 Å². The second-order valence-electron chi connectivity index (χ2n) is 3.72. The molecule has 2 nitrogen and oxygen atoms in total. The van der Waals surface area contributed by atoms with Crippen molar-refractivity contribution in [1.82, 2.24) is 4.90 Å². The van der Waals surface area contributed by atoms with Gasteiger partial charge in [0.15, 0.2) is 0 Å². The quantitative estimate of drug-likeness (QED) is 0.782. The Morgan fingerprint density at radius 3 is 2.60 bits per heavy atom. The van der Waals surface area contributed by atoms with Crippen LogP contribution in [0.1, 0.15) is 25.8 Å². The van der Waals surface area contributed by atoms with Crippen LogP contribution in [0.3, 0.4) is 0 Å². The van der Waals surface area contributed by atoms with Crippen LogP contribution in [0.5, 0.6) is 0 Å². The Bertz CT molecular complexity index is 312. The second-order valence-corrected chi connectivity index (χ2v) is 4.13. The van der Waals surface area contributed by atoms with E-state index in [0.717, 1.165) is 19.6 Å². The monoisotopic (exact) mass is 226 g/mol. The molecule has 0 saturated heterocycles. The van der Waals surface area contributed by atoms with E-state index >= 15 is 0 Å². The lowest BCUT2D eigenvalue weighted by molar-refractivity contribution is 0.280. The van der Waals surface area contributed by atoms with Gasteiger partial charge in [-0.15, -0.1) is 0 Å². The first-order valence-corrected chi connectivity index (χ1v) is 5.81. The van der Waals surface area contributed by atoms with E-state index in [2.05, 4.69) is 18.7 Å². The van der Waals surface area contributed by atoms with Crippen molar-refractivity contribution < 1.29 is 0 Å². The highest BCUT2D eigenvalue weighted by molar-refractivity contribution is 6.33. The molecule has 1 aromatic rings. The summed E-state index contributed by atoms with van der Waals surface area (Å²) in [5.41, 5.74) is 7.54. The number of nitrogens with zero attached hydrogens (tertiary/aromatic N) is 1. The van der Waals surface area contributed by atoms with Crippen molar-refractivity contribution in [1.29, 1.82) is 0 Å². The summed E-state index contributed by atoms with van der Waals surface area (Å²) >= 11 is 5.97. The van der Waals surface area contributed by atoms with Gasteiger partial charge in [0.25, 0.3) is 0 Å². The molecular formula is C12H19ClN2. The number of benzene rings is 1. The van der Waals surface area contributed by atoms with Crippen molar-refractivity contribution in [2.75, 3.05) is 18.8 Å². The van der Waals surface area contributed by atoms with Gasteiger partial charge in [-0.2, -0.15) is 0 Å². The van der Waals surface area contributed by atoms with Gasteiger partial charge in [0, 0.05) is 6.54 Å². The van der Waals surface area contributed by atoms with Crippen LogP contribution < -0.4 is 5.73 Å². The molecule has 3 heteroatoms. The Morgan fingerprint density at radius 1 is 1.33 bits per heavy atom. The van der Waals surface area contributed by atoms with Gasteiger partial charge in [0.1, 0.15) is 0 Å². The molecule has 0 spiro atoms. The van der Waals surface area contributed by atoms with Crippen LogP contribution in [0.2, 0.25) is 5.02 Å². The van der Waals surface area contributed by atoms with Crippen LogP contribution >= 0.6 is 11.6 Å². The lowest BCUT2D eigenvalue weighted by Crippen LogP contribution is -2.23. The number of nitrogen functional groups attached to an aromatic ring is 1. The van der Waals surface area contributed by atoms with E-state index in [1.54, 1.807) is 0 Å². The van der Waals surface area contributed by atoms with E-state index in [1.165, 1.54) is 12.0 Å². The van der Waals surface area contributed by atoms with Crippen molar-refractivity contribution in [3.05, 3.63) is 28.8 Å². The largest absolute Gasteiger partial charge is 0.398 e. The molecule has 0 aromatic heterocycles. The molecule has 0 atom stereocenters. The van der Waals surface area contributed by atoms with Crippen molar-refractivity contribution in [2.45, 2.75) is 26.8 Å². The van der Waals surface area contributed by atoms with E-state index in [9.17, 15) is 0 Å². The standard InChI is InChI=1S/C12H19ClN2/c1-3-7-15(4-2)9-10-5-6-12(14)11(13)8-10/h5-6,8H,3-4,7,9,14H2,1-2H3. The van der Waals surface area contributed by atoms with Crippen LogP contribution in [0, 0.1) is 0 Å². The van der Waals surface area contributed by atoms with Crippen LogP contribution in [-0.4, -0.2) is 18.0 Å². The average Bonchev–Trinajstić information content (AvgIpc) is 2.23. The molecule has 0 heterocycles. The molecule has 0 amide bonds. The van der Waals surface area contributed by atoms with Gasteiger partial charge in [-0.05, 0) is 37.2 Å². The Labute approximate surface area is 97.0 Å². The van der Waals surface area contributed by atoms with E-state index in [-0.39, 0.29) is 0 Å². The third kappa shape index (κ3) is 3.73. The van der Waals surface area contributed by atoms with Crippen molar-refractivity contribution in [3.8, 4) is 0 Å². The molecule has 0 bridgehead atoms. The summed E-state index contributed by atoms with van der Waals surface area (Å²) in [5, 5.41) is 0.653. The van der Waals surface area contributed by atoms with Crippen LogP contribution in [-0.2, 0) is 6.54 Å². The Hall–Kier alpha value is -0.730. The zero-order chi connectivity index (χ0) is 11.3. The summed E-state index contributed by atoms with van der Waals surface area (Å²) < 4.78 is 0. The molecule has 84 valence electrons. The van der Waals surface area contributed by atoms with Crippen LogP contribution in [0.4, 0.5) is 5.69 Å². The van der Waals surface area contributed by atoms with E-state index in [4.69, 9.17) is 17.3 Å². The molecule has 0 aliphatic rings. The van der Waals surface area contributed by atoms with Gasteiger partial charge in [-0.25, -0.2) is 0 Å². The van der Waals surface area contributed by atoms with E-state index in [0.29, 0.717) is 10.7 Å². The number of anilines is 1. The van der Waals surface area contributed by atoms with Gasteiger partial charge >= 0.3 is 0 Å². The average molecular weight is 227 g/mol. The van der Waals surface area contributed by atoms with Gasteiger partial charge in [0.05, 0.1) is 10.7 Å². The van der Waals surface area contributed by atoms with Crippen molar-refractivity contribution in [2.24, 2.45) is 0 Å². The molecule has 1 aromatic carbocycles. The van der Waals surface area contributed by atoms with Gasteiger partial charge in [-0.3, -0.25) is 4.90 Å². The summed E-state index contributed by atoms with van der Waals surface area (Å²) in [5.74, 6) is 0. The first-order chi connectivity index (χ1) is 7.17. The zero-order valence-corrected chi connectivity index (χ0v) is 10.2. The molecule has 0 radical (unpaired) electrons. The minimum Gasteiger partial charge on any atom is -0.398 e. The molecule has 0 fully saturated rings. The fraction of sp³-hybridized carbons (Fsp3) is 0.500. The Morgan fingerprint density at radius 2 is 2.07 bits per heavy atom. The molecule has 1 rings (SSSR count). The fourth-order valence-electron chi connectivity index (χ4n) is 1.59. The number of nitrogens with two attached hydrogens (primary N) is 1. The summed E-state index contributed by atoms with van der Waals surface area (Å²) in [6.07, 6.45) is 1.18. The van der Waals surface area contributed by atoms with Gasteiger partial charge in [-0.1, -0.05) is 31.5 Å². The third-order valence-corrected chi connectivity index (χ3v) is 2.79. The van der Waals surface area contributed by atoms with Crippen LogP contribution in [0.15, 0.2) is 18.2 Å². The molecule has 15 heavy (non-hydrogen) atoms. The summed E-state index contributed by atoms with van der Waals surface area (Å²) in [4.78, 5) is 2.39. The molecule has 0 aliphatic carbocycles. The lowest BCUT2D eigenvalue weighted by Gasteiger charge is -2.19. The normalized spacial score (nSPS) is 10.9. The maximum Gasteiger partial charge on any atom is 0.0638 e. The zero-order valence-electron chi connectivity index (χ0n) is 9.46. The van der Waals surface area contributed by atoms with Crippen molar-refractivity contribution in [3.63, 3.8) is 0 Å². The number of hydrogen-bond donors (Lipinski definition) is 1. The minimum absolute atomic E-state index is 0.652. The van der Waals surface area contributed by atoms with E-state index < -0.39 is 0 Å². The second kappa shape index (κ2) is 5.99. The fourth-order valence-corrected chi connectivity index (χ4v) is 1.80. The van der Waals surface area contributed by atoms with E-state index in [1.807, 2.05) is 18.2 Å². The number of rotatable bonds is 5. The first-order valence-electron chi connectivity index (χ1n) is 5.43. The highest BCUT2D eigenvalue weighted by Gasteiger charge is 2.04. The summed E-state index contributed by atoms with van der Waals surface area (Å²) in [6.45, 7) is 7.51. The summed E-state index contributed by atoms with van der Waals surface area (Å²) in [7, 11) is 0. The highest BCUT2D eigenvalue weighted by Crippen LogP contribution is 2.20. The molecule has 2 N–H and O–H groups in total. The maximum atomic E-state index is 5.97. The first kappa shape index (κ1) is 12.3. The topological polar surface area (TPSA) is 29.3 Å². The highest BCUT2D eigenvalue weighted by atomic mass is 35.5. The maximum absolute atomic E-state index is 5.97. The molecular weight excluding hydrogens is 208 g/mol. The molecule has 0 unspecified atom stereocenters. The number of halogens is 1. The Balaban J connectivity index is 2.66. The minimum atomic E-state index is 0.652. The summed E-state index contributed by atoms with van der Waals surface area (Å²) in [6, 6.07) is 5.87. The SMILES string of the molecule is CCCN(CC)Cc1ccc(N)c(Cl)c1. The smallest absolute Gasteiger partial charge is 0.0638 e. The van der Waals surface area contributed by atoms with Gasteiger partial charge in [0.2, 0.25) is 0 Å². The predicted molar refractivity (Wildman–Crippen MR) is 67.1 cm³/mol. The predicted octanol–water partition coefficient (Wildman–Crippen LogP) is 3.15. The number of hydrogen-bond acceptors (Lipinski definition) is 2. The lowest BCUT2D eigenvalue weighted by atomic mass is 10.2. The van der Waals surface area contributed by atoms with Crippen molar-refractivity contribution >= 4 is 17.3 Å². The molecule has 0 saturated carbocycles. The van der Waals surface area contributed by atoms with Gasteiger partial charge < -0.3 is 5.73 Å². The third-order valence-electron chi connectivity index (χ3n) is 2.46. The molecule has 0 aliphatic heterocycles. The Kier molecular flexibility index (Phi) is 4.92.